The SMILES string of the molecule is COCCOCc1ccc(N)cn1. The minimum Gasteiger partial charge on any atom is -0.397 e. The molecule has 0 bridgehead atoms. The second kappa shape index (κ2) is 5.50. The molecule has 72 valence electrons. The van der Waals surface area contributed by atoms with Gasteiger partial charge in [-0.3, -0.25) is 4.98 Å². The fourth-order valence-corrected chi connectivity index (χ4v) is 0.840. The van der Waals surface area contributed by atoms with Crippen molar-refractivity contribution in [1.29, 1.82) is 0 Å². The maximum Gasteiger partial charge on any atom is 0.0889 e. The Balaban J connectivity index is 2.25. The number of anilines is 1. The molecule has 4 nitrogen and oxygen atoms in total. The molecule has 1 aromatic rings. The Morgan fingerprint density at radius 3 is 2.85 bits per heavy atom. The maximum atomic E-state index is 5.48. The Bertz CT molecular complexity index is 236. The van der Waals surface area contributed by atoms with Crippen LogP contribution in [0.5, 0.6) is 0 Å². The lowest BCUT2D eigenvalue weighted by atomic mass is 10.3. The Kier molecular flexibility index (Phi) is 4.21. The van der Waals surface area contributed by atoms with Crippen LogP contribution in [0.25, 0.3) is 0 Å². The van der Waals surface area contributed by atoms with Crippen LogP contribution in [0.1, 0.15) is 5.69 Å². The summed E-state index contributed by atoms with van der Waals surface area (Å²) >= 11 is 0. The first kappa shape index (κ1) is 9.95. The molecule has 0 saturated carbocycles. The molecule has 0 unspecified atom stereocenters. The highest BCUT2D eigenvalue weighted by Crippen LogP contribution is 2.01. The van der Waals surface area contributed by atoms with E-state index in [1.165, 1.54) is 0 Å². The lowest BCUT2D eigenvalue weighted by Crippen LogP contribution is -2.02. The van der Waals surface area contributed by atoms with Crippen molar-refractivity contribution >= 4 is 5.69 Å². The molecule has 2 N–H and O–H groups in total. The van der Waals surface area contributed by atoms with Crippen molar-refractivity contribution in [2.45, 2.75) is 6.61 Å². The molecule has 0 aromatic carbocycles. The predicted molar refractivity (Wildman–Crippen MR) is 50.2 cm³/mol. The number of ether oxygens (including phenoxy) is 2. The van der Waals surface area contributed by atoms with E-state index in [1.807, 2.05) is 12.1 Å². The fourth-order valence-electron chi connectivity index (χ4n) is 0.840. The van der Waals surface area contributed by atoms with Crippen LogP contribution in [0.3, 0.4) is 0 Å². The number of nitrogens with zero attached hydrogens (tertiary/aromatic N) is 1. The third kappa shape index (κ3) is 3.87. The molecule has 0 aliphatic heterocycles. The van der Waals surface area contributed by atoms with Gasteiger partial charge in [0.05, 0.1) is 37.4 Å². The first-order chi connectivity index (χ1) is 6.33. The van der Waals surface area contributed by atoms with Crippen LogP contribution in [-0.2, 0) is 16.1 Å². The molecular formula is C9H14N2O2. The van der Waals surface area contributed by atoms with Crippen LogP contribution < -0.4 is 5.73 Å². The number of rotatable bonds is 5. The van der Waals surface area contributed by atoms with Crippen LogP contribution in [0.2, 0.25) is 0 Å². The van der Waals surface area contributed by atoms with Gasteiger partial charge in [-0.25, -0.2) is 0 Å². The van der Waals surface area contributed by atoms with E-state index in [2.05, 4.69) is 4.98 Å². The number of pyridine rings is 1. The van der Waals surface area contributed by atoms with Crippen LogP contribution in [-0.4, -0.2) is 25.3 Å². The number of nitrogens with two attached hydrogens (primary N) is 1. The first-order valence-corrected chi connectivity index (χ1v) is 4.10. The van der Waals surface area contributed by atoms with Crippen LogP contribution in [0.15, 0.2) is 18.3 Å². The van der Waals surface area contributed by atoms with Gasteiger partial charge in [0.25, 0.3) is 0 Å². The monoisotopic (exact) mass is 182 g/mol. The van der Waals surface area contributed by atoms with Gasteiger partial charge in [-0.2, -0.15) is 0 Å². The van der Waals surface area contributed by atoms with Gasteiger partial charge < -0.3 is 15.2 Å². The van der Waals surface area contributed by atoms with Crippen LogP contribution >= 0.6 is 0 Å². The molecule has 0 fully saturated rings. The zero-order valence-corrected chi connectivity index (χ0v) is 7.69. The van der Waals surface area contributed by atoms with E-state index in [1.54, 1.807) is 13.3 Å². The third-order valence-corrected chi connectivity index (χ3v) is 1.53. The van der Waals surface area contributed by atoms with Crippen LogP contribution in [0.4, 0.5) is 5.69 Å². The number of hydrogen-bond acceptors (Lipinski definition) is 4. The molecular weight excluding hydrogens is 168 g/mol. The number of methoxy groups -OCH3 is 1. The van der Waals surface area contributed by atoms with Crippen molar-refractivity contribution in [3.05, 3.63) is 24.0 Å². The highest BCUT2D eigenvalue weighted by molar-refractivity contribution is 5.34. The van der Waals surface area contributed by atoms with Gasteiger partial charge in [0.15, 0.2) is 0 Å². The molecule has 0 saturated heterocycles. The first-order valence-electron chi connectivity index (χ1n) is 4.10. The fraction of sp³-hybridized carbons (Fsp3) is 0.444. The average Bonchev–Trinajstić information content (AvgIpc) is 2.15. The van der Waals surface area contributed by atoms with E-state index in [-0.39, 0.29) is 0 Å². The van der Waals surface area contributed by atoms with Crippen molar-refractivity contribution < 1.29 is 9.47 Å². The Hall–Kier alpha value is -1.13. The van der Waals surface area contributed by atoms with Gasteiger partial charge in [0.1, 0.15) is 0 Å². The third-order valence-electron chi connectivity index (χ3n) is 1.53. The quantitative estimate of drug-likeness (QED) is 0.685. The number of nitrogen functional groups attached to an aromatic ring is 1. The van der Waals surface area contributed by atoms with Crippen molar-refractivity contribution in [2.24, 2.45) is 0 Å². The molecule has 1 aromatic heterocycles. The molecule has 0 radical (unpaired) electrons. The molecule has 4 heteroatoms. The lowest BCUT2D eigenvalue weighted by molar-refractivity contribution is 0.0602. The largest absolute Gasteiger partial charge is 0.397 e. The lowest BCUT2D eigenvalue weighted by Gasteiger charge is -2.02. The van der Waals surface area contributed by atoms with Gasteiger partial charge >= 0.3 is 0 Å². The summed E-state index contributed by atoms with van der Waals surface area (Å²) in [6, 6.07) is 3.66. The summed E-state index contributed by atoms with van der Waals surface area (Å²) in [6.07, 6.45) is 1.62. The Labute approximate surface area is 77.7 Å². The highest BCUT2D eigenvalue weighted by atomic mass is 16.5. The minimum absolute atomic E-state index is 0.504. The van der Waals surface area contributed by atoms with E-state index in [4.69, 9.17) is 15.2 Å². The summed E-state index contributed by atoms with van der Waals surface area (Å²) in [7, 11) is 1.64. The zero-order chi connectivity index (χ0) is 9.52. The zero-order valence-electron chi connectivity index (χ0n) is 7.69. The van der Waals surface area contributed by atoms with E-state index in [0.717, 1.165) is 5.69 Å². The van der Waals surface area contributed by atoms with Gasteiger partial charge in [0, 0.05) is 7.11 Å². The van der Waals surface area contributed by atoms with Crippen molar-refractivity contribution in [3.8, 4) is 0 Å². The summed E-state index contributed by atoms with van der Waals surface area (Å²) in [5.41, 5.74) is 7.03. The van der Waals surface area contributed by atoms with E-state index in [0.29, 0.717) is 25.5 Å². The second-order valence-corrected chi connectivity index (χ2v) is 2.63. The van der Waals surface area contributed by atoms with Crippen molar-refractivity contribution in [1.82, 2.24) is 4.98 Å². The Morgan fingerprint density at radius 1 is 1.38 bits per heavy atom. The molecule has 0 aliphatic rings. The summed E-state index contributed by atoms with van der Waals surface area (Å²) in [6.45, 7) is 1.70. The van der Waals surface area contributed by atoms with E-state index >= 15 is 0 Å². The predicted octanol–water partition coefficient (Wildman–Crippen LogP) is 0.827. The normalized spacial score (nSPS) is 10.2. The molecule has 0 atom stereocenters. The summed E-state index contributed by atoms with van der Waals surface area (Å²) in [5.74, 6) is 0. The van der Waals surface area contributed by atoms with Gasteiger partial charge in [-0.1, -0.05) is 0 Å². The molecule has 1 rings (SSSR count). The van der Waals surface area contributed by atoms with Gasteiger partial charge in [-0.05, 0) is 12.1 Å². The van der Waals surface area contributed by atoms with Crippen molar-refractivity contribution in [3.63, 3.8) is 0 Å². The number of hydrogen-bond donors (Lipinski definition) is 1. The van der Waals surface area contributed by atoms with Crippen LogP contribution in [0, 0.1) is 0 Å². The van der Waals surface area contributed by atoms with E-state index < -0.39 is 0 Å². The molecule has 0 aliphatic carbocycles. The summed E-state index contributed by atoms with van der Waals surface area (Å²) in [4.78, 5) is 4.09. The molecule has 0 amide bonds. The average molecular weight is 182 g/mol. The number of aromatic nitrogens is 1. The van der Waals surface area contributed by atoms with Gasteiger partial charge in [-0.15, -0.1) is 0 Å². The molecule has 0 spiro atoms. The standard InChI is InChI=1S/C9H14N2O2/c1-12-4-5-13-7-9-3-2-8(10)6-11-9/h2-3,6H,4-5,7,10H2,1H3. The van der Waals surface area contributed by atoms with E-state index in [9.17, 15) is 0 Å². The van der Waals surface area contributed by atoms with Gasteiger partial charge in [0.2, 0.25) is 0 Å². The summed E-state index contributed by atoms with van der Waals surface area (Å²) < 4.78 is 10.1. The Morgan fingerprint density at radius 2 is 2.23 bits per heavy atom. The summed E-state index contributed by atoms with van der Waals surface area (Å²) in [5, 5.41) is 0. The smallest absolute Gasteiger partial charge is 0.0889 e. The maximum absolute atomic E-state index is 5.48. The second-order valence-electron chi connectivity index (χ2n) is 2.63. The molecule has 13 heavy (non-hydrogen) atoms. The minimum atomic E-state index is 0.504. The van der Waals surface area contributed by atoms with Crippen molar-refractivity contribution in [2.75, 3.05) is 26.1 Å². The topological polar surface area (TPSA) is 57.4 Å². The molecule has 1 heterocycles. The highest BCUT2D eigenvalue weighted by Gasteiger charge is 1.93.